The van der Waals surface area contributed by atoms with E-state index in [1.54, 1.807) is 36.4 Å². The fourth-order valence-corrected chi connectivity index (χ4v) is 2.76. The minimum absolute atomic E-state index is 0.0610. The van der Waals surface area contributed by atoms with Gasteiger partial charge in [0.1, 0.15) is 5.75 Å². The average molecular weight is 398 g/mol. The van der Waals surface area contributed by atoms with Gasteiger partial charge in [0.25, 0.3) is 5.91 Å². The van der Waals surface area contributed by atoms with Crippen LogP contribution in [0.1, 0.15) is 15.9 Å². The lowest BCUT2D eigenvalue weighted by Crippen LogP contribution is -2.17. The first kappa shape index (κ1) is 14.7. The summed E-state index contributed by atoms with van der Waals surface area (Å²) < 4.78 is 1.33. The molecule has 0 bridgehead atoms. The number of rotatable bonds is 3. The second-order valence-electron chi connectivity index (χ2n) is 3.89. The Morgan fingerprint density at radius 2 is 1.90 bits per heavy atom. The molecule has 0 saturated carbocycles. The van der Waals surface area contributed by atoms with Gasteiger partial charge in [-0.25, -0.2) is 5.43 Å². The quantitative estimate of drug-likeness (QED) is 0.612. The molecule has 0 aliphatic carbocycles. The summed E-state index contributed by atoms with van der Waals surface area (Å²) in [4.78, 5) is 11.7. The summed E-state index contributed by atoms with van der Waals surface area (Å²) >= 11 is 6.54. The van der Waals surface area contributed by atoms with Crippen molar-refractivity contribution in [3.8, 4) is 5.75 Å². The van der Waals surface area contributed by atoms with Crippen LogP contribution in [-0.4, -0.2) is 17.2 Å². The highest BCUT2D eigenvalue weighted by atomic mass is 79.9. The molecule has 2 aromatic carbocycles. The van der Waals surface area contributed by atoms with E-state index in [-0.39, 0.29) is 11.7 Å². The number of hydrogen-bond donors (Lipinski definition) is 2. The molecule has 0 spiro atoms. The fourth-order valence-electron chi connectivity index (χ4n) is 1.50. The van der Waals surface area contributed by atoms with Gasteiger partial charge in [0.15, 0.2) is 0 Å². The van der Waals surface area contributed by atoms with Crippen molar-refractivity contribution in [1.82, 2.24) is 5.43 Å². The molecular weight excluding hydrogens is 388 g/mol. The summed E-state index contributed by atoms with van der Waals surface area (Å²) in [6, 6.07) is 12.2. The van der Waals surface area contributed by atoms with Gasteiger partial charge in [0, 0.05) is 15.6 Å². The number of carbonyl (C=O) groups excluding carboxylic acids is 1. The molecule has 4 nitrogen and oxygen atoms in total. The molecule has 6 heteroatoms. The van der Waals surface area contributed by atoms with Crippen molar-refractivity contribution >= 4 is 44.0 Å². The van der Waals surface area contributed by atoms with Crippen LogP contribution in [0, 0.1) is 0 Å². The highest BCUT2D eigenvalue weighted by Crippen LogP contribution is 2.30. The van der Waals surface area contributed by atoms with Crippen molar-refractivity contribution in [2.45, 2.75) is 0 Å². The smallest absolute Gasteiger partial charge is 0.271 e. The van der Waals surface area contributed by atoms with Gasteiger partial charge in [-0.3, -0.25) is 4.79 Å². The summed E-state index contributed by atoms with van der Waals surface area (Å²) in [5.41, 5.74) is 3.41. The summed E-state index contributed by atoms with van der Waals surface area (Å²) in [6.45, 7) is 0. The van der Waals surface area contributed by atoms with E-state index in [0.717, 1.165) is 4.47 Å². The number of nitrogens with one attached hydrogen (secondary N) is 1. The number of nitrogens with zero attached hydrogens (tertiary/aromatic N) is 1. The van der Waals surface area contributed by atoms with Crippen molar-refractivity contribution < 1.29 is 9.90 Å². The number of phenolic OH excluding ortho intramolecular Hbond substituents is 1. The maximum atomic E-state index is 11.7. The number of aromatic hydroxyl groups is 1. The summed E-state index contributed by atoms with van der Waals surface area (Å²) in [6.07, 6.45) is 1.38. The second kappa shape index (κ2) is 6.67. The van der Waals surface area contributed by atoms with E-state index < -0.39 is 0 Å². The number of amides is 1. The lowest BCUT2D eigenvalue weighted by molar-refractivity contribution is 0.0955. The number of carbonyl (C=O) groups is 1. The molecule has 102 valence electrons. The molecule has 0 aliphatic heterocycles. The van der Waals surface area contributed by atoms with Crippen LogP contribution in [0.4, 0.5) is 0 Å². The Morgan fingerprint density at radius 3 is 2.60 bits per heavy atom. The van der Waals surface area contributed by atoms with E-state index in [1.165, 1.54) is 6.21 Å². The Labute approximate surface area is 132 Å². The Morgan fingerprint density at radius 1 is 1.20 bits per heavy atom. The summed E-state index contributed by atoms with van der Waals surface area (Å²) in [5, 5.41) is 13.7. The van der Waals surface area contributed by atoms with Crippen LogP contribution >= 0.6 is 31.9 Å². The molecule has 2 N–H and O–H groups in total. The SMILES string of the molecule is O=C(N/N=C\c1cc(Br)cc(Br)c1O)c1ccccc1. The molecule has 0 aromatic heterocycles. The van der Waals surface area contributed by atoms with Gasteiger partial charge in [-0.1, -0.05) is 34.1 Å². The minimum atomic E-state index is -0.310. The molecule has 0 saturated heterocycles. The Bertz CT molecular complexity index is 658. The zero-order valence-electron chi connectivity index (χ0n) is 10.2. The van der Waals surface area contributed by atoms with Gasteiger partial charge in [-0.2, -0.15) is 5.10 Å². The lowest BCUT2D eigenvalue weighted by atomic mass is 10.2. The third-order valence-corrected chi connectivity index (χ3v) is 3.53. The molecule has 0 radical (unpaired) electrons. The number of hydrazone groups is 1. The van der Waals surface area contributed by atoms with E-state index in [1.807, 2.05) is 6.07 Å². The highest BCUT2D eigenvalue weighted by molar-refractivity contribution is 9.11. The van der Waals surface area contributed by atoms with Crippen LogP contribution in [0.15, 0.2) is 56.5 Å². The largest absolute Gasteiger partial charge is 0.506 e. The normalized spacial score (nSPS) is 10.7. The standard InChI is InChI=1S/C14H10Br2N2O2/c15-11-6-10(13(19)12(16)7-11)8-17-18-14(20)9-4-2-1-3-5-9/h1-8,19H,(H,18,20)/b17-8-. The number of halogens is 2. The van der Waals surface area contributed by atoms with E-state index in [4.69, 9.17) is 0 Å². The Balaban J connectivity index is 2.10. The van der Waals surface area contributed by atoms with Gasteiger partial charge in [-0.15, -0.1) is 0 Å². The monoisotopic (exact) mass is 396 g/mol. The average Bonchev–Trinajstić information content (AvgIpc) is 2.44. The first-order valence-corrected chi connectivity index (χ1v) is 7.23. The number of phenols is 1. The third-order valence-electron chi connectivity index (χ3n) is 2.46. The third kappa shape index (κ3) is 3.68. The van der Waals surface area contributed by atoms with Crippen molar-refractivity contribution in [2.24, 2.45) is 5.10 Å². The molecule has 0 atom stereocenters. The van der Waals surface area contributed by atoms with Crippen LogP contribution in [-0.2, 0) is 0 Å². The molecule has 20 heavy (non-hydrogen) atoms. The lowest BCUT2D eigenvalue weighted by Gasteiger charge is -2.03. The zero-order valence-corrected chi connectivity index (χ0v) is 13.3. The zero-order chi connectivity index (χ0) is 14.5. The topological polar surface area (TPSA) is 61.7 Å². The fraction of sp³-hybridized carbons (Fsp3) is 0. The van der Waals surface area contributed by atoms with Gasteiger partial charge < -0.3 is 5.11 Å². The first-order chi connectivity index (χ1) is 9.58. The van der Waals surface area contributed by atoms with Crippen molar-refractivity contribution in [3.63, 3.8) is 0 Å². The van der Waals surface area contributed by atoms with Crippen LogP contribution in [0.5, 0.6) is 5.75 Å². The summed E-state index contributed by atoms with van der Waals surface area (Å²) in [7, 11) is 0. The van der Waals surface area contributed by atoms with Crippen LogP contribution < -0.4 is 5.43 Å². The van der Waals surface area contributed by atoms with Gasteiger partial charge in [0.2, 0.25) is 0 Å². The Hall–Kier alpha value is -1.66. The predicted octanol–water partition coefficient (Wildman–Crippen LogP) is 3.68. The van der Waals surface area contributed by atoms with Crippen LogP contribution in [0.25, 0.3) is 0 Å². The second-order valence-corrected chi connectivity index (χ2v) is 5.66. The summed E-state index contributed by atoms with van der Waals surface area (Å²) in [5.74, 6) is -0.249. The molecular formula is C14H10Br2N2O2. The van der Waals surface area contributed by atoms with Crippen molar-refractivity contribution in [2.75, 3.05) is 0 Å². The van der Waals surface area contributed by atoms with Crippen molar-refractivity contribution in [1.29, 1.82) is 0 Å². The van der Waals surface area contributed by atoms with E-state index >= 15 is 0 Å². The number of hydrogen-bond acceptors (Lipinski definition) is 3. The van der Waals surface area contributed by atoms with Crippen LogP contribution in [0.2, 0.25) is 0 Å². The van der Waals surface area contributed by atoms with E-state index in [2.05, 4.69) is 42.4 Å². The molecule has 0 fully saturated rings. The van der Waals surface area contributed by atoms with Gasteiger partial charge >= 0.3 is 0 Å². The van der Waals surface area contributed by atoms with Crippen LogP contribution in [0.3, 0.4) is 0 Å². The van der Waals surface area contributed by atoms with Crippen molar-refractivity contribution in [3.05, 3.63) is 62.5 Å². The first-order valence-electron chi connectivity index (χ1n) is 5.64. The van der Waals surface area contributed by atoms with Gasteiger partial charge in [-0.05, 0) is 40.2 Å². The minimum Gasteiger partial charge on any atom is -0.506 e. The molecule has 0 aliphatic rings. The molecule has 0 heterocycles. The van der Waals surface area contributed by atoms with E-state index in [0.29, 0.717) is 15.6 Å². The molecule has 0 unspecified atom stereocenters. The molecule has 2 rings (SSSR count). The van der Waals surface area contributed by atoms with Gasteiger partial charge in [0.05, 0.1) is 10.7 Å². The highest BCUT2D eigenvalue weighted by Gasteiger charge is 2.06. The molecule has 2 aromatic rings. The molecule has 1 amide bonds. The predicted molar refractivity (Wildman–Crippen MR) is 85.0 cm³/mol. The maximum absolute atomic E-state index is 11.7. The Kier molecular flexibility index (Phi) is 4.92. The van der Waals surface area contributed by atoms with E-state index in [9.17, 15) is 9.90 Å². The number of benzene rings is 2. The maximum Gasteiger partial charge on any atom is 0.271 e.